The zero-order valence-corrected chi connectivity index (χ0v) is 23.9. The molecule has 0 atom stereocenters. The molecule has 0 unspecified atom stereocenters. The maximum Gasteiger partial charge on any atom is -0.147 e. The Kier molecular flexibility index (Phi) is 7.85. The molecule has 0 fully saturated rings. The van der Waals surface area contributed by atoms with E-state index in [0.717, 1.165) is 12.8 Å². The van der Waals surface area contributed by atoms with E-state index in [1.807, 2.05) is 0 Å². The zero-order chi connectivity index (χ0) is 20.0. The average molecular weight is 535 g/mol. The Balaban J connectivity index is 0.00000160. The summed E-state index contributed by atoms with van der Waals surface area (Å²) in [6.07, 6.45) is 11.8. The Morgan fingerprint density at radius 3 is 1.47 bits per heavy atom. The van der Waals surface area contributed by atoms with Crippen LogP contribution in [0, 0.1) is 13.8 Å². The van der Waals surface area contributed by atoms with Gasteiger partial charge in [0.05, 0.1) is 0 Å². The van der Waals surface area contributed by atoms with Gasteiger partial charge in [-0.1, -0.05) is 0 Å². The van der Waals surface area contributed by atoms with Gasteiger partial charge in [0, 0.05) is 0 Å². The fraction of sp³-hybridized carbons (Fsp3) is 0.231. The van der Waals surface area contributed by atoms with Gasteiger partial charge in [-0.2, -0.15) is 0 Å². The molecule has 2 aromatic rings. The van der Waals surface area contributed by atoms with Gasteiger partial charge in [0.15, 0.2) is 0 Å². The molecule has 158 valence electrons. The molecule has 0 saturated heterocycles. The largest absolute Gasteiger partial charge is 0.147 e. The SMILES string of the molecule is Cc1cccc(C2=[C]([Zr]([CH3])([CH3])(=[SiH2])[C]3=C(c4cccc(C)c4)C=CC3)CC=C2)c1.Cl.Cl. The maximum absolute atomic E-state index is 3.28. The predicted molar refractivity (Wildman–Crippen MR) is 138 cm³/mol. The van der Waals surface area contributed by atoms with Crippen molar-refractivity contribution in [2.45, 2.75) is 36.0 Å². The molecule has 0 N–H and O–H groups in total. The number of hydrogen-bond donors (Lipinski definition) is 0. The number of rotatable bonds is 4. The second-order valence-corrected chi connectivity index (χ2v) is 38.1. The monoisotopic (exact) mass is 532 g/mol. The fourth-order valence-electron chi connectivity index (χ4n) is 4.88. The quantitative estimate of drug-likeness (QED) is 0.356. The van der Waals surface area contributed by atoms with Crippen LogP contribution >= 0.6 is 24.8 Å². The minimum atomic E-state index is -3.28. The molecule has 2 aliphatic carbocycles. The van der Waals surface area contributed by atoms with Gasteiger partial charge >= 0.3 is 173 Å². The molecule has 0 nitrogen and oxygen atoms in total. The minimum Gasteiger partial charge on any atom is -0.147 e. The molecule has 0 radical (unpaired) electrons. The van der Waals surface area contributed by atoms with E-state index in [2.05, 4.69) is 103 Å². The summed E-state index contributed by atoms with van der Waals surface area (Å²) in [5, 5.41) is 0. The molecule has 0 saturated carbocycles. The van der Waals surface area contributed by atoms with E-state index >= 15 is 0 Å². The Morgan fingerprint density at radius 1 is 0.700 bits per heavy atom. The molecule has 4 rings (SSSR count). The van der Waals surface area contributed by atoms with E-state index in [0.29, 0.717) is 0 Å². The van der Waals surface area contributed by atoms with Crippen LogP contribution < -0.4 is 0 Å². The van der Waals surface area contributed by atoms with Crippen LogP contribution in [-0.4, -0.2) is 6.88 Å². The van der Waals surface area contributed by atoms with Crippen molar-refractivity contribution < 1.29 is 17.4 Å². The van der Waals surface area contributed by atoms with E-state index in [1.165, 1.54) is 33.4 Å². The molecular weight excluding hydrogens is 503 g/mol. The Labute approximate surface area is 196 Å². The van der Waals surface area contributed by atoms with Crippen LogP contribution in [0.2, 0.25) is 9.26 Å². The number of aryl methyl sites for hydroxylation is 2. The van der Waals surface area contributed by atoms with Crippen molar-refractivity contribution in [1.82, 2.24) is 0 Å². The van der Waals surface area contributed by atoms with Crippen molar-refractivity contribution in [3.63, 3.8) is 0 Å². The van der Waals surface area contributed by atoms with Gasteiger partial charge < -0.3 is 0 Å². The van der Waals surface area contributed by atoms with Gasteiger partial charge in [0.25, 0.3) is 0 Å². The molecule has 0 aliphatic heterocycles. The number of hydrogen-bond acceptors (Lipinski definition) is 0. The summed E-state index contributed by atoms with van der Waals surface area (Å²) in [4.78, 5) is 0. The Bertz CT molecular complexity index is 1070. The molecule has 0 bridgehead atoms. The number of allylic oxidation sites excluding steroid dienone is 8. The van der Waals surface area contributed by atoms with E-state index in [4.69, 9.17) is 0 Å². The van der Waals surface area contributed by atoms with Crippen molar-refractivity contribution in [3.8, 4) is 0 Å². The van der Waals surface area contributed by atoms with E-state index in [9.17, 15) is 0 Å². The predicted octanol–water partition coefficient (Wildman–Crippen LogP) is 7.52. The van der Waals surface area contributed by atoms with Crippen LogP contribution in [0.4, 0.5) is 0 Å². The molecule has 2 aliphatic rings. The van der Waals surface area contributed by atoms with E-state index in [1.54, 1.807) is 6.56 Å². The summed E-state index contributed by atoms with van der Waals surface area (Å²) in [6.45, 7) is 6.75. The maximum atomic E-state index is 2.65. The van der Waals surface area contributed by atoms with Crippen LogP contribution in [-0.2, 0) is 17.4 Å². The number of benzene rings is 2. The number of halogens is 2. The first-order valence-electron chi connectivity index (χ1n) is 10.3. The summed E-state index contributed by atoms with van der Waals surface area (Å²) in [5.41, 5.74) is 8.46. The van der Waals surface area contributed by atoms with Gasteiger partial charge in [-0.15, -0.1) is 24.8 Å². The molecule has 0 aromatic heterocycles. The normalized spacial score (nSPS) is 16.0. The Morgan fingerprint density at radius 2 is 1.10 bits per heavy atom. The standard InChI is InChI=1S/2C12H11.2CH3.2ClH.H2Si.Zr/c2*1-10-5-4-8-12(9-10)11-6-2-3-7-11;;;;;;/h2*2,4-6,8-9H,3H2,1H3;2*1H3;2*1H;1H2;. The first-order chi connectivity index (χ1) is 13.2. The van der Waals surface area contributed by atoms with Gasteiger partial charge in [-0.25, -0.2) is 0 Å². The van der Waals surface area contributed by atoms with Crippen LogP contribution in [0.3, 0.4) is 0 Å². The van der Waals surface area contributed by atoms with Gasteiger partial charge in [0.2, 0.25) is 0 Å². The van der Waals surface area contributed by atoms with Crippen molar-refractivity contribution in [1.29, 1.82) is 0 Å². The first-order valence-corrected chi connectivity index (χ1v) is 23.6. The van der Waals surface area contributed by atoms with Crippen molar-refractivity contribution >= 4 is 42.8 Å². The van der Waals surface area contributed by atoms with Gasteiger partial charge in [-0.3, -0.25) is 0 Å². The summed E-state index contributed by atoms with van der Waals surface area (Å²) >= 11 is -3.28. The van der Waals surface area contributed by atoms with Crippen molar-refractivity contribution in [2.75, 3.05) is 0 Å². The summed E-state index contributed by atoms with van der Waals surface area (Å²) in [5.74, 6) is 0. The molecule has 2 aromatic carbocycles. The summed E-state index contributed by atoms with van der Waals surface area (Å²) in [6, 6.07) is 18.1. The third kappa shape index (κ3) is 4.63. The Hall–Kier alpha value is -0.920. The van der Waals surface area contributed by atoms with Crippen LogP contribution in [0.1, 0.15) is 35.1 Å². The first kappa shape index (κ1) is 25.3. The van der Waals surface area contributed by atoms with Crippen molar-refractivity contribution in [3.05, 3.63) is 102 Å². The van der Waals surface area contributed by atoms with Crippen LogP contribution in [0.5, 0.6) is 0 Å². The van der Waals surface area contributed by atoms with Crippen LogP contribution in [0.15, 0.2) is 79.4 Å². The third-order valence-electron chi connectivity index (χ3n) is 6.46. The van der Waals surface area contributed by atoms with Crippen LogP contribution in [0.25, 0.3) is 11.1 Å². The molecule has 0 heterocycles. The summed E-state index contributed by atoms with van der Waals surface area (Å²) < 4.78 is 8.79. The molecule has 30 heavy (non-hydrogen) atoms. The van der Waals surface area contributed by atoms with Crippen molar-refractivity contribution in [2.24, 2.45) is 0 Å². The van der Waals surface area contributed by atoms with E-state index in [-0.39, 0.29) is 24.8 Å². The fourth-order valence-corrected chi connectivity index (χ4v) is 18.9. The molecule has 4 heteroatoms. The molecule has 0 spiro atoms. The van der Waals surface area contributed by atoms with Gasteiger partial charge in [-0.05, 0) is 0 Å². The second kappa shape index (κ2) is 9.29. The zero-order valence-electron chi connectivity index (χ0n) is 18.4. The topological polar surface area (TPSA) is 0 Å². The van der Waals surface area contributed by atoms with Gasteiger partial charge in [0.1, 0.15) is 0 Å². The summed E-state index contributed by atoms with van der Waals surface area (Å²) in [7, 11) is 0. The second-order valence-electron chi connectivity index (χ2n) is 9.42. The average Bonchev–Trinajstić information content (AvgIpc) is 3.32. The third-order valence-corrected chi connectivity index (χ3v) is 23.4. The molecular formula is C26H32Cl2SiZr. The molecule has 0 amide bonds. The minimum absolute atomic E-state index is 0. The smallest absolute Gasteiger partial charge is 0.147 e. The van der Waals surface area contributed by atoms with E-state index < -0.39 is 17.4 Å².